The predicted octanol–water partition coefficient (Wildman–Crippen LogP) is 5.47. The minimum absolute atomic E-state index is 0.189. The fourth-order valence-corrected chi connectivity index (χ4v) is 3.58. The largest absolute Gasteiger partial charge is 0.492 e. The third-order valence-electron chi connectivity index (χ3n) is 6.40. The average Bonchev–Trinajstić information content (AvgIpc) is 3.23. The van der Waals surface area contributed by atoms with Crippen LogP contribution < -0.4 is 16.2 Å². The van der Waals surface area contributed by atoms with Crippen molar-refractivity contribution in [3.8, 4) is 17.1 Å². The first-order valence-corrected chi connectivity index (χ1v) is 11.9. The molecule has 0 saturated carbocycles. The number of hydrogen-bond donors (Lipinski definition) is 2. The van der Waals surface area contributed by atoms with Gasteiger partial charge in [0.1, 0.15) is 35.7 Å². The average molecular weight is 522 g/mol. The number of nitrogens with two attached hydrogens (primary N) is 2. The lowest BCUT2D eigenvalue weighted by atomic mass is 9.79. The van der Waals surface area contributed by atoms with Gasteiger partial charge in [-0.3, -0.25) is 9.78 Å². The number of halogens is 3. The minimum atomic E-state index is -4.71. The molecule has 37 heavy (non-hydrogen) atoms. The highest BCUT2D eigenvalue weighted by molar-refractivity contribution is 5.83. The molecule has 7 nitrogen and oxygen atoms in total. The molecule has 2 atom stereocenters. The highest BCUT2D eigenvalue weighted by atomic mass is 19.4. The molecule has 2 aromatic heterocycles. The van der Waals surface area contributed by atoms with E-state index in [0.29, 0.717) is 11.3 Å². The van der Waals surface area contributed by atoms with Gasteiger partial charge in [0.25, 0.3) is 0 Å². The molecule has 1 aromatic carbocycles. The molecule has 3 aromatic rings. The lowest BCUT2D eigenvalue weighted by Crippen LogP contribution is -2.51. The number of nitrogens with zero attached hydrogens (tertiary/aromatic N) is 1. The summed E-state index contributed by atoms with van der Waals surface area (Å²) >= 11 is 0. The fourth-order valence-electron chi connectivity index (χ4n) is 3.58. The van der Waals surface area contributed by atoms with E-state index < -0.39 is 47.8 Å². The van der Waals surface area contributed by atoms with Gasteiger partial charge in [-0.25, -0.2) is 0 Å². The third kappa shape index (κ3) is 6.81. The molecule has 3 rings (SSSR count). The summed E-state index contributed by atoms with van der Waals surface area (Å²) in [5.41, 5.74) is 9.00. The summed E-state index contributed by atoms with van der Waals surface area (Å²) in [6, 6.07) is 9.50. The summed E-state index contributed by atoms with van der Waals surface area (Å²) in [5.74, 6) is -0.0697. The van der Waals surface area contributed by atoms with Gasteiger partial charge in [0.2, 0.25) is 0 Å². The molecule has 0 bridgehead atoms. The van der Waals surface area contributed by atoms with Crippen molar-refractivity contribution in [2.75, 3.05) is 13.2 Å². The minimum Gasteiger partial charge on any atom is -0.492 e. The number of aromatic nitrogens is 1. The van der Waals surface area contributed by atoms with E-state index in [0.717, 1.165) is 17.9 Å². The monoisotopic (exact) mass is 521 g/mol. The van der Waals surface area contributed by atoms with Gasteiger partial charge in [-0.1, -0.05) is 0 Å². The van der Waals surface area contributed by atoms with Crippen LogP contribution in [0.4, 0.5) is 13.2 Å². The highest BCUT2D eigenvalue weighted by Crippen LogP contribution is 2.40. The van der Waals surface area contributed by atoms with E-state index in [9.17, 15) is 18.0 Å². The van der Waals surface area contributed by atoms with Crippen LogP contribution in [0, 0.1) is 10.8 Å². The Morgan fingerprint density at radius 3 is 2.38 bits per heavy atom. The molecule has 0 saturated heterocycles. The molecule has 0 spiro atoms. The van der Waals surface area contributed by atoms with E-state index in [2.05, 4.69) is 4.98 Å². The Kier molecular flexibility index (Phi) is 7.95. The summed E-state index contributed by atoms with van der Waals surface area (Å²) < 4.78 is 58.6. The van der Waals surface area contributed by atoms with Crippen molar-refractivity contribution < 1.29 is 31.9 Å². The van der Waals surface area contributed by atoms with Gasteiger partial charge in [0.15, 0.2) is 0 Å². The van der Waals surface area contributed by atoms with Crippen LogP contribution in [-0.2, 0) is 9.53 Å². The number of hydrogen-bond acceptors (Lipinski definition) is 7. The predicted molar refractivity (Wildman–Crippen MR) is 135 cm³/mol. The molecule has 2 heterocycles. The number of carbonyl (C=O) groups is 1. The van der Waals surface area contributed by atoms with Crippen molar-refractivity contribution in [1.29, 1.82) is 0 Å². The quantitative estimate of drug-likeness (QED) is 0.340. The molecular formula is C27H34F3N3O4. The zero-order valence-corrected chi connectivity index (χ0v) is 21.7. The maximum Gasteiger partial charge on any atom is 0.400 e. The second-order valence-electron chi connectivity index (χ2n) is 11.0. The Labute approximate surface area is 214 Å². The normalized spacial score (nSPS) is 15.3. The summed E-state index contributed by atoms with van der Waals surface area (Å²) in [6.45, 7) is 5.83. The first-order chi connectivity index (χ1) is 17.0. The molecule has 0 amide bonds. The molecule has 0 aliphatic heterocycles. The summed E-state index contributed by atoms with van der Waals surface area (Å²) in [5, 5.41) is 0.762. The van der Waals surface area contributed by atoms with E-state index >= 15 is 0 Å². The molecule has 0 aliphatic carbocycles. The van der Waals surface area contributed by atoms with Crippen molar-refractivity contribution in [3.05, 3.63) is 48.8 Å². The van der Waals surface area contributed by atoms with Crippen LogP contribution in [0.3, 0.4) is 0 Å². The van der Waals surface area contributed by atoms with E-state index in [1.807, 2.05) is 12.1 Å². The van der Waals surface area contributed by atoms with Crippen LogP contribution in [0.1, 0.15) is 41.0 Å². The van der Waals surface area contributed by atoms with Gasteiger partial charge in [0, 0.05) is 41.0 Å². The van der Waals surface area contributed by atoms with Crippen molar-refractivity contribution in [2.45, 2.75) is 58.8 Å². The number of rotatable bonds is 10. The Morgan fingerprint density at radius 2 is 1.78 bits per heavy atom. The van der Waals surface area contributed by atoms with Crippen LogP contribution in [0.25, 0.3) is 22.3 Å². The molecule has 0 fully saturated rings. The Morgan fingerprint density at radius 1 is 1.08 bits per heavy atom. The van der Waals surface area contributed by atoms with Crippen molar-refractivity contribution in [3.63, 3.8) is 0 Å². The van der Waals surface area contributed by atoms with Crippen LogP contribution in [0.15, 0.2) is 53.2 Å². The smallest absolute Gasteiger partial charge is 0.400 e. The maximum atomic E-state index is 14.0. The second kappa shape index (κ2) is 10.3. The SMILES string of the molecule is CC(C)(N)CC(N)C(C)(C)C(=O)OCC(C)(COc1ccc2cc(-c3cccnc3)oc2c1)C(F)(F)F. The Balaban J connectivity index is 1.71. The van der Waals surface area contributed by atoms with E-state index in [-0.39, 0.29) is 12.2 Å². The molecule has 10 heteroatoms. The lowest BCUT2D eigenvalue weighted by molar-refractivity contribution is -0.242. The van der Waals surface area contributed by atoms with Gasteiger partial charge >= 0.3 is 12.1 Å². The molecule has 2 unspecified atom stereocenters. The lowest BCUT2D eigenvalue weighted by Gasteiger charge is -2.36. The standard InChI is InChI=1S/C27H34F3N3O4/c1-24(2,32)13-22(31)25(3,4)23(34)36-16-26(5,27(28,29)30)15-35-19-9-8-17-11-20(37-21(17)12-19)18-7-6-10-33-14-18/h6-12,14,22H,13,15-16,31-32H2,1-5H3. The molecule has 0 aliphatic rings. The number of esters is 1. The van der Waals surface area contributed by atoms with Crippen LogP contribution in [0.5, 0.6) is 5.75 Å². The molecular weight excluding hydrogens is 487 g/mol. The Hall–Kier alpha value is -3.11. The van der Waals surface area contributed by atoms with Gasteiger partial charge in [-0.15, -0.1) is 0 Å². The van der Waals surface area contributed by atoms with Gasteiger partial charge in [-0.05, 0) is 71.4 Å². The summed E-state index contributed by atoms with van der Waals surface area (Å²) in [4.78, 5) is 16.8. The third-order valence-corrected chi connectivity index (χ3v) is 6.40. The van der Waals surface area contributed by atoms with Crippen molar-refractivity contribution in [1.82, 2.24) is 4.98 Å². The number of fused-ring (bicyclic) bond motifs is 1. The zero-order valence-electron chi connectivity index (χ0n) is 21.7. The summed E-state index contributed by atoms with van der Waals surface area (Å²) in [6.07, 6.45) is -1.13. The Bertz CT molecular complexity index is 1220. The second-order valence-corrected chi connectivity index (χ2v) is 11.0. The molecule has 4 N–H and O–H groups in total. The van der Waals surface area contributed by atoms with E-state index in [4.69, 9.17) is 25.4 Å². The first-order valence-electron chi connectivity index (χ1n) is 11.9. The first kappa shape index (κ1) is 28.5. The molecule has 202 valence electrons. The van der Waals surface area contributed by atoms with Crippen LogP contribution in [0.2, 0.25) is 0 Å². The van der Waals surface area contributed by atoms with Gasteiger partial charge < -0.3 is 25.4 Å². The number of pyridine rings is 1. The highest BCUT2D eigenvalue weighted by Gasteiger charge is 2.53. The van der Waals surface area contributed by atoms with Crippen LogP contribution >= 0.6 is 0 Å². The van der Waals surface area contributed by atoms with E-state index in [1.54, 1.807) is 44.4 Å². The van der Waals surface area contributed by atoms with Crippen molar-refractivity contribution >= 4 is 16.9 Å². The number of alkyl halides is 3. The van der Waals surface area contributed by atoms with Gasteiger partial charge in [-0.2, -0.15) is 13.2 Å². The number of carbonyl (C=O) groups excluding carboxylic acids is 1. The number of benzene rings is 1. The van der Waals surface area contributed by atoms with E-state index in [1.165, 1.54) is 19.9 Å². The van der Waals surface area contributed by atoms with Gasteiger partial charge in [0.05, 0.1) is 5.41 Å². The molecule has 0 radical (unpaired) electrons. The zero-order chi connectivity index (χ0) is 27.6. The summed E-state index contributed by atoms with van der Waals surface area (Å²) in [7, 11) is 0. The fraction of sp³-hybridized carbons (Fsp3) is 0.481. The number of ether oxygens (including phenoxy) is 2. The number of furan rings is 1. The van der Waals surface area contributed by atoms with Crippen LogP contribution in [-0.4, -0.2) is 41.9 Å². The van der Waals surface area contributed by atoms with Crippen molar-refractivity contribution in [2.24, 2.45) is 22.3 Å². The maximum absolute atomic E-state index is 14.0. The topological polar surface area (TPSA) is 114 Å².